The van der Waals surface area contributed by atoms with E-state index in [1.807, 2.05) is 62.5 Å². The van der Waals surface area contributed by atoms with E-state index in [4.69, 9.17) is 10.8 Å². The molecule has 172 valence electrons. The van der Waals surface area contributed by atoms with E-state index in [1.165, 1.54) is 12.8 Å². The van der Waals surface area contributed by atoms with Crippen LogP contribution in [-0.2, 0) is 4.79 Å². The number of aromatic nitrogens is 3. The van der Waals surface area contributed by atoms with Gasteiger partial charge >= 0.3 is 0 Å². The Balaban J connectivity index is 0.000000536. The summed E-state index contributed by atoms with van der Waals surface area (Å²) in [5, 5.41) is 5.72. The molecule has 0 bridgehead atoms. The molecule has 0 aliphatic carbocycles. The van der Waals surface area contributed by atoms with Gasteiger partial charge in [-0.1, -0.05) is 35.4 Å². The molecule has 3 aliphatic heterocycles. The van der Waals surface area contributed by atoms with Crippen molar-refractivity contribution in [1.29, 1.82) is 0 Å². The van der Waals surface area contributed by atoms with Gasteiger partial charge in [0, 0.05) is 30.7 Å². The molecule has 2 unspecified atom stereocenters. The first kappa shape index (κ1) is 24.1. The van der Waals surface area contributed by atoms with Crippen molar-refractivity contribution < 1.29 is 4.79 Å². The van der Waals surface area contributed by atoms with E-state index < -0.39 is 0 Å². The number of nitrogens with two attached hydrogens (primary N) is 1. The van der Waals surface area contributed by atoms with Gasteiger partial charge in [0.15, 0.2) is 0 Å². The largest absolute Gasteiger partial charge is 0.370 e. The molecule has 2 aromatic heterocycles. The number of carbonyl (C=O) groups is 1. The zero-order valence-electron chi connectivity index (χ0n) is 19.8. The predicted molar refractivity (Wildman–Crippen MR) is 133 cm³/mol. The topological polar surface area (TPSA) is 79.8 Å². The molecule has 0 aromatic carbocycles. The van der Waals surface area contributed by atoms with Gasteiger partial charge in [-0.3, -0.25) is 9.78 Å². The van der Waals surface area contributed by atoms with Crippen LogP contribution in [0.5, 0.6) is 0 Å². The average molecular weight is 455 g/mol. The quantitative estimate of drug-likeness (QED) is 0.693. The standard InChI is InChI=1S/C20H22N5OP.C2H7N.C2H6/c1-13-11-25-17(14(2)21-13)9-16(22-25)18-10-19(26)24-12-15(5-6-20(24)27-18)23-7-3-4-8-23;1-2-3;1-2/h5-6,9-12,20,27H,3-4,7-8H2,1-2H3;2-3H2,1H3;1-2H3. The third-order valence-corrected chi connectivity index (χ3v) is 6.83. The van der Waals surface area contributed by atoms with Crippen LogP contribution >= 0.6 is 8.58 Å². The molecule has 32 heavy (non-hydrogen) atoms. The second-order valence-corrected chi connectivity index (χ2v) is 9.15. The summed E-state index contributed by atoms with van der Waals surface area (Å²) in [4.78, 5) is 21.6. The molecular formula is C24H35N6OP. The molecule has 5 heterocycles. The molecular weight excluding hydrogens is 419 g/mol. The van der Waals surface area contributed by atoms with Crippen molar-refractivity contribution in [1.82, 2.24) is 24.4 Å². The van der Waals surface area contributed by atoms with E-state index in [1.54, 1.807) is 6.08 Å². The maximum absolute atomic E-state index is 12.8. The smallest absolute Gasteiger partial charge is 0.252 e. The van der Waals surface area contributed by atoms with Crippen LogP contribution in [0, 0.1) is 13.8 Å². The number of allylic oxidation sites excluding steroid dienone is 1. The summed E-state index contributed by atoms with van der Waals surface area (Å²) in [7, 11) is 0.485. The lowest BCUT2D eigenvalue weighted by Gasteiger charge is -2.35. The first-order valence-corrected chi connectivity index (χ1v) is 12.6. The average Bonchev–Trinajstić information content (AvgIpc) is 3.46. The molecule has 1 fully saturated rings. The Morgan fingerprint density at radius 3 is 2.59 bits per heavy atom. The number of nitrogens with zero attached hydrogens (tertiary/aromatic N) is 5. The second kappa shape index (κ2) is 10.9. The number of hydrogen-bond donors (Lipinski definition) is 1. The number of carbonyl (C=O) groups excluding carboxylic acids is 1. The number of aryl methyl sites for hydroxylation is 2. The summed E-state index contributed by atoms with van der Waals surface area (Å²) >= 11 is 0. The minimum atomic E-state index is 0.0397. The zero-order valence-corrected chi connectivity index (χ0v) is 20.8. The summed E-state index contributed by atoms with van der Waals surface area (Å²) in [6, 6.07) is 2.04. The Kier molecular flexibility index (Phi) is 8.21. The van der Waals surface area contributed by atoms with Crippen molar-refractivity contribution >= 4 is 25.3 Å². The molecule has 5 rings (SSSR count). The third-order valence-electron chi connectivity index (χ3n) is 5.35. The van der Waals surface area contributed by atoms with Gasteiger partial charge < -0.3 is 15.5 Å². The number of fused-ring (bicyclic) bond motifs is 2. The minimum absolute atomic E-state index is 0.0397. The van der Waals surface area contributed by atoms with Gasteiger partial charge in [0.05, 0.1) is 40.3 Å². The fraction of sp³-hybridized carbons (Fsp3) is 0.458. The maximum atomic E-state index is 12.8. The highest BCUT2D eigenvalue weighted by molar-refractivity contribution is 7.51. The van der Waals surface area contributed by atoms with Crippen LogP contribution in [0.2, 0.25) is 0 Å². The number of hydrogen-bond acceptors (Lipinski definition) is 5. The lowest BCUT2D eigenvalue weighted by atomic mass is 10.2. The van der Waals surface area contributed by atoms with E-state index in [9.17, 15) is 4.79 Å². The third kappa shape index (κ3) is 5.11. The fourth-order valence-corrected chi connectivity index (χ4v) is 5.33. The van der Waals surface area contributed by atoms with Crippen molar-refractivity contribution in [2.45, 2.75) is 53.2 Å². The van der Waals surface area contributed by atoms with Gasteiger partial charge in [-0.15, -0.1) is 0 Å². The number of likely N-dealkylation sites (tertiary alicyclic amines) is 1. The molecule has 0 saturated carbocycles. The fourth-order valence-electron chi connectivity index (χ4n) is 4.00. The molecule has 0 radical (unpaired) electrons. The van der Waals surface area contributed by atoms with Gasteiger partial charge in [0.1, 0.15) is 0 Å². The van der Waals surface area contributed by atoms with Crippen LogP contribution in [0.4, 0.5) is 0 Å². The van der Waals surface area contributed by atoms with E-state index in [-0.39, 0.29) is 11.7 Å². The van der Waals surface area contributed by atoms with Crippen LogP contribution < -0.4 is 5.73 Å². The summed E-state index contributed by atoms with van der Waals surface area (Å²) in [6.07, 6.45) is 12.5. The SMILES string of the molecule is CC.CCN.Cc1cn2nc(C3=CC(=O)N4C=C(N5CCCC5)C=CC4P3)cc2c(C)n1. The van der Waals surface area contributed by atoms with Crippen LogP contribution in [0.3, 0.4) is 0 Å². The first-order chi connectivity index (χ1) is 15.5. The Morgan fingerprint density at radius 2 is 1.91 bits per heavy atom. The molecule has 1 amide bonds. The van der Waals surface area contributed by atoms with Crippen LogP contribution in [0.25, 0.3) is 10.8 Å². The van der Waals surface area contributed by atoms with Crippen LogP contribution in [0.1, 0.15) is 50.7 Å². The Hall–Kier alpha value is -2.50. The molecule has 2 aromatic rings. The van der Waals surface area contributed by atoms with E-state index in [0.29, 0.717) is 8.58 Å². The molecule has 1 saturated heterocycles. The Bertz CT molecular complexity index is 1050. The highest BCUT2D eigenvalue weighted by Gasteiger charge is 2.30. The van der Waals surface area contributed by atoms with Crippen molar-refractivity contribution in [3.63, 3.8) is 0 Å². The molecule has 2 N–H and O–H groups in total. The highest BCUT2D eigenvalue weighted by atomic mass is 31.1. The summed E-state index contributed by atoms with van der Waals surface area (Å²) in [6.45, 7) is 12.8. The molecule has 3 aliphatic rings. The Morgan fingerprint density at radius 1 is 1.22 bits per heavy atom. The van der Waals surface area contributed by atoms with Gasteiger partial charge in [0.25, 0.3) is 5.91 Å². The summed E-state index contributed by atoms with van der Waals surface area (Å²) in [5.74, 6) is 0.132. The van der Waals surface area contributed by atoms with Crippen molar-refractivity contribution in [3.05, 3.63) is 59.5 Å². The summed E-state index contributed by atoms with van der Waals surface area (Å²) in [5.41, 5.74) is 9.76. The first-order valence-electron chi connectivity index (χ1n) is 11.5. The van der Waals surface area contributed by atoms with Crippen LogP contribution in [0.15, 0.2) is 42.4 Å². The van der Waals surface area contributed by atoms with Crippen molar-refractivity contribution in [2.75, 3.05) is 19.6 Å². The monoisotopic (exact) mass is 454 g/mol. The second-order valence-electron chi connectivity index (χ2n) is 7.74. The van der Waals surface area contributed by atoms with Crippen LogP contribution in [-0.4, -0.2) is 55.7 Å². The normalized spacial score (nSPS) is 20.3. The highest BCUT2D eigenvalue weighted by Crippen LogP contribution is 2.44. The lowest BCUT2D eigenvalue weighted by molar-refractivity contribution is -0.123. The van der Waals surface area contributed by atoms with E-state index in [2.05, 4.69) is 22.0 Å². The molecule has 2 atom stereocenters. The van der Waals surface area contributed by atoms with Gasteiger partial charge in [-0.25, -0.2) is 4.52 Å². The molecule has 7 nitrogen and oxygen atoms in total. The molecule has 8 heteroatoms. The van der Waals surface area contributed by atoms with Crippen molar-refractivity contribution in [2.24, 2.45) is 5.73 Å². The number of amides is 1. The maximum Gasteiger partial charge on any atom is 0.252 e. The van der Waals surface area contributed by atoms with E-state index >= 15 is 0 Å². The molecule has 0 spiro atoms. The van der Waals surface area contributed by atoms with Gasteiger partial charge in [0.2, 0.25) is 0 Å². The Labute approximate surface area is 192 Å². The van der Waals surface area contributed by atoms with E-state index in [0.717, 1.165) is 53.2 Å². The zero-order chi connectivity index (χ0) is 23.3. The van der Waals surface area contributed by atoms with Crippen molar-refractivity contribution in [3.8, 4) is 0 Å². The predicted octanol–water partition coefficient (Wildman–Crippen LogP) is 4.03. The van der Waals surface area contributed by atoms with Gasteiger partial charge in [-0.2, -0.15) is 5.10 Å². The lowest BCUT2D eigenvalue weighted by Crippen LogP contribution is -2.37. The number of rotatable bonds is 2. The minimum Gasteiger partial charge on any atom is -0.370 e. The summed E-state index contributed by atoms with van der Waals surface area (Å²) < 4.78 is 1.87. The van der Waals surface area contributed by atoms with Gasteiger partial charge in [-0.05, 0) is 45.4 Å².